The molecule has 0 saturated carbocycles. The second-order valence-electron chi connectivity index (χ2n) is 4.62. The molecular formula is C14H12N4O5S. The fourth-order valence-electron chi connectivity index (χ4n) is 1.84. The summed E-state index contributed by atoms with van der Waals surface area (Å²) in [5, 5.41) is 27.8. The zero-order valence-corrected chi connectivity index (χ0v) is 13.0. The summed E-state index contributed by atoms with van der Waals surface area (Å²) in [6, 6.07) is 6.12. The van der Waals surface area contributed by atoms with Gasteiger partial charge in [-0.15, -0.1) is 0 Å². The van der Waals surface area contributed by atoms with Gasteiger partial charge in [0.1, 0.15) is 5.69 Å². The van der Waals surface area contributed by atoms with Crippen LogP contribution >= 0.6 is 12.2 Å². The van der Waals surface area contributed by atoms with Gasteiger partial charge in [-0.25, -0.2) is 4.79 Å². The Hall–Kier alpha value is -3.14. The molecule has 0 fully saturated rings. The van der Waals surface area contributed by atoms with Gasteiger partial charge < -0.3 is 10.2 Å². The molecule has 0 amide bonds. The molecule has 124 valence electrons. The van der Waals surface area contributed by atoms with Gasteiger partial charge in [0.25, 0.3) is 5.56 Å². The number of rotatable bonds is 6. The normalized spacial score (nSPS) is 10.8. The summed E-state index contributed by atoms with van der Waals surface area (Å²) in [4.78, 5) is 34.0. The zero-order valence-electron chi connectivity index (χ0n) is 12.2. The van der Waals surface area contributed by atoms with Crippen molar-refractivity contribution in [3.05, 3.63) is 56.2 Å². The SMILES string of the molecule is O=C(O)CCc1n[nH]c(=S)n(/N=C\c2ccccc2C(=O)O)c1=O. The molecule has 0 spiro atoms. The van der Waals surface area contributed by atoms with E-state index in [1.165, 1.54) is 18.3 Å². The molecule has 0 bridgehead atoms. The second-order valence-corrected chi connectivity index (χ2v) is 5.01. The van der Waals surface area contributed by atoms with Crippen molar-refractivity contribution in [1.29, 1.82) is 0 Å². The Morgan fingerprint density at radius 3 is 2.71 bits per heavy atom. The molecular weight excluding hydrogens is 336 g/mol. The van der Waals surface area contributed by atoms with Crippen molar-refractivity contribution in [3.8, 4) is 0 Å². The van der Waals surface area contributed by atoms with Crippen LogP contribution in [-0.4, -0.2) is 43.2 Å². The van der Waals surface area contributed by atoms with Crippen molar-refractivity contribution in [2.45, 2.75) is 12.8 Å². The van der Waals surface area contributed by atoms with Crippen LogP contribution in [-0.2, 0) is 11.2 Å². The third-order valence-corrected chi connectivity index (χ3v) is 3.26. The van der Waals surface area contributed by atoms with Crippen LogP contribution in [0.1, 0.15) is 28.0 Å². The lowest BCUT2D eigenvalue weighted by atomic mass is 10.1. The fraction of sp³-hybridized carbons (Fsp3) is 0.143. The van der Waals surface area contributed by atoms with Crippen LogP contribution in [0.3, 0.4) is 0 Å². The average Bonchev–Trinajstić information content (AvgIpc) is 2.54. The summed E-state index contributed by atoms with van der Waals surface area (Å²) in [6.07, 6.45) is 0.843. The fourth-order valence-corrected chi connectivity index (χ4v) is 2.02. The third-order valence-electron chi connectivity index (χ3n) is 3.00. The number of hydrogen-bond acceptors (Lipinski definition) is 6. The highest BCUT2D eigenvalue weighted by Gasteiger charge is 2.10. The largest absolute Gasteiger partial charge is 0.481 e. The molecule has 0 radical (unpaired) electrons. The molecule has 2 aromatic rings. The van der Waals surface area contributed by atoms with E-state index < -0.39 is 17.5 Å². The van der Waals surface area contributed by atoms with Crippen LogP contribution in [0.25, 0.3) is 0 Å². The number of aromatic carboxylic acids is 1. The van der Waals surface area contributed by atoms with Gasteiger partial charge in [0, 0.05) is 12.0 Å². The number of aromatic nitrogens is 3. The highest BCUT2D eigenvalue weighted by molar-refractivity contribution is 7.71. The van der Waals surface area contributed by atoms with Crippen LogP contribution in [0.4, 0.5) is 0 Å². The Balaban J connectivity index is 2.41. The molecule has 9 nitrogen and oxygen atoms in total. The molecule has 0 atom stereocenters. The molecule has 0 aliphatic rings. The Kier molecular flexibility index (Phi) is 5.32. The van der Waals surface area contributed by atoms with Crippen molar-refractivity contribution in [1.82, 2.24) is 14.9 Å². The monoisotopic (exact) mass is 348 g/mol. The van der Waals surface area contributed by atoms with Crippen molar-refractivity contribution >= 4 is 30.4 Å². The van der Waals surface area contributed by atoms with Gasteiger partial charge in [-0.05, 0) is 18.3 Å². The third kappa shape index (κ3) is 3.98. The summed E-state index contributed by atoms with van der Waals surface area (Å²) in [7, 11) is 0. The number of benzene rings is 1. The summed E-state index contributed by atoms with van der Waals surface area (Å²) in [5.41, 5.74) is -0.390. The Labute approximate surface area is 139 Å². The second kappa shape index (κ2) is 7.42. The molecule has 0 saturated heterocycles. The number of carbonyl (C=O) groups is 2. The van der Waals surface area contributed by atoms with Crippen LogP contribution in [0, 0.1) is 4.77 Å². The molecule has 1 heterocycles. The number of nitrogens with one attached hydrogen (secondary N) is 1. The molecule has 0 aliphatic carbocycles. The lowest BCUT2D eigenvalue weighted by Crippen LogP contribution is -2.25. The maximum absolute atomic E-state index is 12.2. The molecule has 1 aromatic heterocycles. The van der Waals surface area contributed by atoms with Crippen LogP contribution in [0.15, 0.2) is 34.2 Å². The number of nitrogens with zero attached hydrogens (tertiary/aromatic N) is 3. The van der Waals surface area contributed by atoms with E-state index >= 15 is 0 Å². The highest BCUT2D eigenvalue weighted by Crippen LogP contribution is 2.06. The number of aromatic amines is 1. The number of carboxylic acid groups (broad SMARTS) is 2. The molecule has 24 heavy (non-hydrogen) atoms. The maximum Gasteiger partial charge on any atom is 0.336 e. The number of carboxylic acids is 2. The molecule has 2 rings (SSSR count). The predicted molar refractivity (Wildman–Crippen MR) is 86.0 cm³/mol. The maximum atomic E-state index is 12.2. The number of H-pyrrole nitrogens is 1. The van der Waals surface area contributed by atoms with Gasteiger partial charge in [0.15, 0.2) is 0 Å². The Bertz CT molecular complexity index is 931. The van der Waals surface area contributed by atoms with Gasteiger partial charge in [-0.1, -0.05) is 18.2 Å². The first kappa shape index (κ1) is 17.2. The molecule has 0 aliphatic heterocycles. The predicted octanol–water partition coefficient (Wildman–Crippen LogP) is 0.898. The van der Waals surface area contributed by atoms with Gasteiger partial charge in [-0.3, -0.25) is 14.7 Å². The number of aliphatic carboxylic acids is 1. The smallest absolute Gasteiger partial charge is 0.336 e. The topological polar surface area (TPSA) is 138 Å². The number of hydrogen-bond donors (Lipinski definition) is 3. The first-order chi connectivity index (χ1) is 11.4. The lowest BCUT2D eigenvalue weighted by molar-refractivity contribution is -0.137. The minimum atomic E-state index is -1.13. The highest BCUT2D eigenvalue weighted by atomic mass is 32.1. The Morgan fingerprint density at radius 1 is 1.33 bits per heavy atom. The van der Waals surface area contributed by atoms with E-state index in [4.69, 9.17) is 22.4 Å². The van der Waals surface area contributed by atoms with Gasteiger partial charge in [-0.2, -0.15) is 14.9 Å². The first-order valence-electron chi connectivity index (χ1n) is 6.69. The van der Waals surface area contributed by atoms with Crippen LogP contribution < -0.4 is 5.56 Å². The molecule has 1 aromatic carbocycles. The lowest BCUT2D eigenvalue weighted by Gasteiger charge is -2.03. The minimum Gasteiger partial charge on any atom is -0.481 e. The number of aryl methyl sites for hydroxylation is 1. The van der Waals surface area contributed by atoms with E-state index in [0.717, 1.165) is 4.68 Å². The van der Waals surface area contributed by atoms with Crippen molar-refractivity contribution in [3.63, 3.8) is 0 Å². The summed E-state index contributed by atoms with van der Waals surface area (Å²) < 4.78 is 0.737. The standard InChI is InChI=1S/C14H12N4O5S/c19-11(20)6-5-10-12(21)18(14(24)17-16-10)15-7-8-3-1-2-4-9(8)13(22)23/h1-4,7H,5-6H2,(H,17,24)(H,19,20)(H,22,23)/b15-7-. The summed E-state index contributed by atoms with van der Waals surface area (Å²) >= 11 is 4.93. The quantitative estimate of drug-likeness (QED) is 0.521. The van der Waals surface area contributed by atoms with E-state index in [1.807, 2.05) is 0 Å². The van der Waals surface area contributed by atoms with Crippen molar-refractivity contribution in [2.75, 3.05) is 0 Å². The Morgan fingerprint density at radius 2 is 2.04 bits per heavy atom. The minimum absolute atomic E-state index is 0.0179. The van der Waals surface area contributed by atoms with Gasteiger partial charge >= 0.3 is 11.9 Å². The van der Waals surface area contributed by atoms with E-state index in [0.29, 0.717) is 0 Å². The molecule has 0 unspecified atom stereocenters. The van der Waals surface area contributed by atoms with E-state index in [-0.39, 0.29) is 34.4 Å². The average molecular weight is 348 g/mol. The molecule has 10 heteroatoms. The van der Waals surface area contributed by atoms with E-state index in [1.54, 1.807) is 12.1 Å². The first-order valence-corrected chi connectivity index (χ1v) is 7.10. The van der Waals surface area contributed by atoms with Crippen LogP contribution in [0.2, 0.25) is 0 Å². The van der Waals surface area contributed by atoms with E-state index in [9.17, 15) is 14.4 Å². The van der Waals surface area contributed by atoms with Crippen molar-refractivity contribution in [2.24, 2.45) is 5.10 Å². The van der Waals surface area contributed by atoms with E-state index in [2.05, 4.69) is 15.3 Å². The summed E-state index contributed by atoms with van der Waals surface area (Å²) in [5.74, 6) is -2.20. The van der Waals surface area contributed by atoms with Crippen LogP contribution in [0.5, 0.6) is 0 Å². The van der Waals surface area contributed by atoms with Crippen molar-refractivity contribution < 1.29 is 19.8 Å². The van der Waals surface area contributed by atoms with Gasteiger partial charge in [0.05, 0.1) is 18.2 Å². The summed E-state index contributed by atoms with van der Waals surface area (Å²) in [6.45, 7) is 0. The van der Waals surface area contributed by atoms with Gasteiger partial charge in [0.2, 0.25) is 4.77 Å². The zero-order chi connectivity index (χ0) is 17.7. The molecule has 3 N–H and O–H groups in total.